The average molecular weight is 276 g/mol. The van der Waals surface area contributed by atoms with E-state index in [1.807, 2.05) is 24.9 Å². The molecule has 0 unspecified atom stereocenters. The normalized spacial score (nSPS) is 10.0. The monoisotopic (exact) mass is 274 g/mol. The van der Waals surface area contributed by atoms with E-state index in [0.29, 0.717) is 5.02 Å². The first-order valence-corrected chi connectivity index (χ1v) is 5.34. The molecule has 4 heteroatoms. The number of hydrogen-bond donors (Lipinski definition) is 0. The predicted molar refractivity (Wildman–Crippen MR) is 65.0 cm³/mol. The molecule has 0 fully saturated rings. The van der Waals surface area contributed by atoms with Gasteiger partial charge in [-0.2, -0.15) is 0 Å². The number of halogens is 2. The maximum absolute atomic E-state index is 6.04. The summed E-state index contributed by atoms with van der Waals surface area (Å²) in [6.07, 6.45) is 1.73. The number of anilines is 1. The lowest BCUT2D eigenvalue weighted by Gasteiger charge is -2.19. The van der Waals surface area contributed by atoms with Crippen molar-refractivity contribution >= 4 is 33.3 Å². The summed E-state index contributed by atoms with van der Waals surface area (Å²) in [5.74, 6) is 0.776. The van der Waals surface area contributed by atoms with Crippen molar-refractivity contribution in [3.05, 3.63) is 33.9 Å². The summed E-state index contributed by atoms with van der Waals surface area (Å²) < 4.78 is 0.884. The van der Waals surface area contributed by atoms with Crippen molar-refractivity contribution in [3.8, 4) is 0 Å². The van der Waals surface area contributed by atoms with E-state index < -0.39 is 0 Å². The van der Waals surface area contributed by atoms with Crippen LogP contribution >= 0.6 is 27.5 Å². The maximum Gasteiger partial charge on any atom is 0.147 e. The van der Waals surface area contributed by atoms with Gasteiger partial charge in [0.2, 0.25) is 0 Å². The van der Waals surface area contributed by atoms with Gasteiger partial charge in [0.1, 0.15) is 5.82 Å². The highest BCUT2D eigenvalue weighted by molar-refractivity contribution is 9.10. The minimum Gasteiger partial charge on any atom is -0.354 e. The Balaban J connectivity index is 2.90. The molecule has 0 atom stereocenters. The molecule has 14 heavy (non-hydrogen) atoms. The Labute approximate surface area is 97.7 Å². The summed E-state index contributed by atoms with van der Waals surface area (Å²) in [6, 6.07) is 1.83. The number of likely N-dealkylation sites (N-methyl/N-ethyl adjacent to an activating group) is 1. The highest BCUT2D eigenvalue weighted by Gasteiger charge is 2.07. The molecule has 1 heterocycles. The lowest BCUT2D eigenvalue weighted by molar-refractivity contribution is 0.953. The van der Waals surface area contributed by atoms with Crippen molar-refractivity contribution in [3.63, 3.8) is 0 Å². The van der Waals surface area contributed by atoms with Crippen LogP contribution in [0, 0.1) is 0 Å². The molecule has 0 saturated carbocycles. The van der Waals surface area contributed by atoms with Crippen LogP contribution in [0.25, 0.3) is 0 Å². The second kappa shape index (κ2) is 4.80. The van der Waals surface area contributed by atoms with Gasteiger partial charge >= 0.3 is 0 Å². The van der Waals surface area contributed by atoms with E-state index in [2.05, 4.69) is 27.5 Å². The van der Waals surface area contributed by atoms with Crippen LogP contribution in [0.4, 0.5) is 5.82 Å². The third kappa shape index (κ3) is 3.00. The summed E-state index contributed by atoms with van der Waals surface area (Å²) in [6.45, 7) is 6.58. The van der Waals surface area contributed by atoms with Crippen LogP contribution in [-0.4, -0.2) is 18.6 Å². The molecule has 1 aromatic heterocycles. The van der Waals surface area contributed by atoms with Crippen molar-refractivity contribution in [1.82, 2.24) is 4.98 Å². The number of rotatable bonds is 3. The Bertz CT molecular complexity index is 352. The summed E-state index contributed by atoms with van der Waals surface area (Å²) in [7, 11) is 1.94. The largest absolute Gasteiger partial charge is 0.354 e. The Morgan fingerprint density at radius 3 is 2.86 bits per heavy atom. The summed E-state index contributed by atoms with van der Waals surface area (Å²) in [5, 5.41) is 0.642. The summed E-state index contributed by atoms with van der Waals surface area (Å²) in [4.78, 5) is 6.21. The van der Waals surface area contributed by atoms with Crippen LogP contribution in [0.2, 0.25) is 5.02 Å². The fourth-order valence-corrected chi connectivity index (χ4v) is 1.94. The Morgan fingerprint density at radius 2 is 2.36 bits per heavy atom. The molecule has 0 aliphatic rings. The van der Waals surface area contributed by atoms with Crippen molar-refractivity contribution in [2.75, 3.05) is 18.5 Å². The van der Waals surface area contributed by atoms with Gasteiger partial charge in [-0.15, -0.1) is 0 Å². The van der Waals surface area contributed by atoms with E-state index in [4.69, 9.17) is 11.6 Å². The number of hydrogen-bond acceptors (Lipinski definition) is 2. The molecule has 0 amide bonds. The second-order valence-electron chi connectivity index (χ2n) is 3.27. The molecule has 1 rings (SSSR count). The van der Waals surface area contributed by atoms with Gasteiger partial charge < -0.3 is 4.90 Å². The van der Waals surface area contributed by atoms with Crippen molar-refractivity contribution < 1.29 is 0 Å². The molecular formula is C10H12BrClN2. The van der Waals surface area contributed by atoms with Gasteiger partial charge in [0.05, 0.1) is 5.02 Å². The molecular weight excluding hydrogens is 263 g/mol. The van der Waals surface area contributed by atoms with Gasteiger partial charge in [-0.05, 0) is 28.9 Å². The zero-order valence-corrected chi connectivity index (χ0v) is 10.6. The van der Waals surface area contributed by atoms with Crippen molar-refractivity contribution in [2.45, 2.75) is 6.92 Å². The molecule has 2 nitrogen and oxygen atoms in total. The molecule has 0 aliphatic carbocycles. The van der Waals surface area contributed by atoms with E-state index in [-0.39, 0.29) is 0 Å². The smallest absolute Gasteiger partial charge is 0.147 e. The van der Waals surface area contributed by atoms with Crippen LogP contribution in [0.3, 0.4) is 0 Å². The maximum atomic E-state index is 6.04. The van der Waals surface area contributed by atoms with Gasteiger partial charge in [0.15, 0.2) is 0 Å². The van der Waals surface area contributed by atoms with Crippen LogP contribution in [-0.2, 0) is 0 Å². The molecule has 76 valence electrons. The van der Waals surface area contributed by atoms with Gasteiger partial charge in [-0.25, -0.2) is 4.98 Å². The highest BCUT2D eigenvalue weighted by Crippen LogP contribution is 2.25. The fourth-order valence-electron chi connectivity index (χ4n) is 1.17. The Morgan fingerprint density at radius 1 is 1.71 bits per heavy atom. The van der Waals surface area contributed by atoms with Gasteiger partial charge in [0, 0.05) is 24.3 Å². The lowest BCUT2D eigenvalue weighted by atomic mass is 10.3. The Kier molecular flexibility index (Phi) is 3.96. The first kappa shape index (κ1) is 11.5. The first-order valence-electron chi connectivity index (χ1n) is 4.17. The minimum absolute atomic E-state index is 0.642. The molecule has 0 aromatic carbocycles. The van der Waals surface area contributed by atoms with Gasteiger partial charge in [-0.3, -0.25) is 0 Å². The lowest BCUT2D eigenvalue weighted by Crippen LogP contribution is -2.20. The molecule has 0 saturated heterocycles. The average Bonchev–Trinajstić information content (AvgIpc) is 2.01. The number of pyridine rings is 1. The quantitative estimate of drug-likeness (QED) is 0.785. The Hall–Kier alpha value is -0.540. The van der Waals surface area contributed by atoms with E-state index in [1.54, 1.807) is 6.20 Å². The minimum atomic E-state index is 0.642. The highest BCUT2D eigenvalue weighted by atomic mass is 79.9. The SMILES string of the molecule is C=C(C)CN(C)c1ncc(Br)cc1Cl. The van der Waals surface area contributed by atoms with Gasteiger partial charge in [-0.1, -0.05) is 23.8 Å². The van der Waals surface area contributed by atoms with E-state index in [0.717, 1.165) is 22.4 Å². The van der Waals surface area contributed by atoms with E-state index in [1.165, 1.54) is 0 Å². The predicted octanol–water partition coefficient (Wildman–Crippen LogP) is 3.51. The van der Waals surface area contributed by atoms with Crippen LogP contribution < -0.4 is 4.90 Å². The van der Waals surface area contributed by atoms with Crippen LogP contribution in [0.15, 0.2) is 28.9 Å². The summed E-state index contributed by atoms with van der Waals surface area (Å²) in [5.41, 5.74) is 1.08. The van der Waals surface area contributed by atoms with Crippen molar-refractivity contribution in [1.29, 1.82) is 0 Å². The second-order valence-corrected chi connectivity index (χ2v) is 4.60. The first-order chi connectivity index (χ1) is 6.50. The zero-order chi connectivity index (χ0) is 10.7. The molecule has 1 aromatic rings. The molecule has 0 radical (unpaired) electrons. The molecule has 0 N–H and O–H groups in total. The summed E-state index contributed by atoms with van der Waals surface area (Å²) >= 11 is 9.36. The third-order valence-electron chi connectivity index (χ3n) is 1.66. The molecule has 0 spiro atoms. The van der Waals surface area contributed by atoms with Crippen LogP contribution in [0.1, 0.15) is 6.92 Å². The third-order valence-corrected chi connectivity index (χ3v) is 2.37. The molecule has 0 aliphatic heterocycles. The van der Waals surface area contributed by atoms with Crippen molar-refractivity contribution in [2.24, 2.45) is 0 Å². The number of nitrogens with zero attached hydrogens (tertiary/aromatic N) is 2. The van der Waals surface area contributed by atoms with E-state index in [9.17, 15) is 0 Å². The molecule has 0 bridgehead atoms. The zero-order valence-electron chi connectivity index (χ0n) is 8.22. The standard InChI is InChI=1S/C10H12BrClN2/c1-7(2)6-14(3)10-9(12)4-8(11)5-13-10/h4-5H,1,6H2,2-3H3. The van der Waals surface area contributed by atoms with E-state index >= 15 is 0 Å². The fraction of sp³-hybridized carbons (Fsp3) is 0.300. The topological polar surface area (TPSA) is 16.1 Å². The number of aromatic nitrogens is 1. The van der Waals surface area contributed by atoms with Crippen LogP contribution in [0.5, 0.6) is 0 Å². The van der Waals surface area contributed by atoms with Gasteiger partial charge in [0.25, 0.3) is 0 Å².